The van der Waals surface area contributed by atoms with Crippen LogP contribution in [-0.4, -0.2) is 77.0 Å². The summed E-state index contributed by atoms with van der Waals surface area (Å²) in [5, 5.41) is 14.2. The number of rotatable bonds is 8. The highest BCUT2D eigenvalue weighted by Crippen LogP contribution is 2.32. The lowest BCUT2D eigenvalue weighted by molar-refractivity contribution is -0.124. The molecule has 2 fully saturated rings. The van der Waals surface area contributed by atoms with Gasteiger partial charge in [0.25, 0.3) is 5.91 Å². The van der Waals surface area contributed by atoms with Crippen molar-refractivity contribution >= 4 is 5.91 Å². The summed E-state index contributed by atoms with van der Waals surface area (Å²) in [6.07, 6.45) is 7.39. The third-order valence-corrected chi connectivity index (χ3v) is 6.04. The van der Waals surface area contributed by atoms with E-state index in [2.05, 4.69) is 25.7 Å². The minimum absolute atomic E-state index is 0.000518. The van der Waals surface area contributed by atoms with Crippen molar-refractivity contribution in [2.24, 2.45) is 5.41 Å². The van der Waals surface area contributed by atoms with Gasteiger partial charge in [0.1, 0.15) is 12.1 Å². The molecule has 0 radical (unpaired) electrons. The lowest BCUT2D eigenvalue weighted by Gasteiger charge is -2.42. The van der Waals surface area contributed by atoms with Gasteiger partial charge in [-0.15, -0.1) is 5.10 Å². The van der Waals surface area contributed by atoms with Gasteiger partial charge in [-0.2, -0.15) is 0 Å². The summed E-state index contributed by atoms with van der Waals surface area (Å²) < 4.78 is 12.8. The fourth-order valence-electron chi connectivity index (χ4n) is 4.25. The number of hydrogen-bond donors (Lipinski definition) is 1. The molecule has 2 aliphatic rings. The highest BCUT2D eigenvalue weighted by Gasteiger charge is 2.35. The zero-order chi connectivity index (χ0) is 20.7. The lowest BCUT2D eigenvalue weighted by Crippen LogP contribution is -2.50. The Morgan fingerprint density at radius 1 is 1.13 bits per heavy atom. The van der Waals surface area contributed by atoms with Crippen LogP contribution in [-0.2, 0) is 9.53 Å². The number of ether oxygens (including phenoxy) is 2. The molecule has 2 aliphatic heterocycles. The van der Waals surface area contributed by atoms with Crippen molar-refractivity contribution in [3.8, 4) is 11.4 Å². The van der Waals surface area contributed by atoms with Crippen LogP contribution in [0, 0.1) is 5.41 Å². The molecule has 3 heterocycles. The Bertz CT molecular complexity index is 784. The van der Waals surface area contributed by atoms with Gasteiger partial charge in [-0.05, 0) is 73.5 Å². The topological polar surface area (TPSA) is 94.4 Å². The number of carbonyl (C=O) groups is 1. The molecule has 0 unspecified atom stereocenters. The summed E-state index contributed by atoms with van der Waals surface area (Å²) in [4.78, 5) is 15.0. The number of benzene rings is 1. The van der Waals surface area contributed by atoms with Gasteiger partial charge in [-0.3, -0.25) is 4.79 Å². The third kappa shape index (κ3) is 5.54. The minimum Gasteiger partial charge on any atom is -0.484 e. The molecule has 1 aromatic carbocycles. The van der Waals surface area contributed by atoms with Crippen LogP contribution in [0.4, 0.5) is 0 Å². The molecule has 9 nitrogen and oxygen atoms in total. The van der Waals surface area contributed by atoms with Crippen LogP contribution in [0.2, 0.25) is 0 Å². The van der Waals surface area contributed by atoms with E-state index in [-0.39, 0.29) is 17.9 Å². The Hall–Kier alpha value is -2.52. The Morgan fingerprint density at radius 3 is 2.60 bits per heavy atom. The molecule has 9 heteroatoms. The van der Waals surface area contributed by atoms with Crippen molar-refractivity contribution in [1.82, 2.24) is 30.4 Å². The van der Waals surface area contributed by atoms with Crippen molar-refractivity contribution in [3.63, 3.8) is 0 Å². The standard InChI is InChI=1S/C21H30N6O3/c28-20(14-30-19-6-4-18(5-7-19)27-17-23-24-25-27)22-15-21(8-12-29-13-9-21)16-26-10-2-1-3-11-26/h4-7,17H,1-3,8-16H2,(H,22,28). The zero-order valence-electron chi connectivity index (χ0n) is 17.3. The maximum absolute atomic E-state index is 12.4. The van der Waals surface area contributed by atoms with Gasteiger partial charge < -0.3 is 19.7 Å². The summed E-state index contributed by atoms with van der Waals surface area (Å²) >= 11 is 0. The Labute approximate surface area is 176 Å². The van der Waals surface area contributed by atoms with E-state index in [1.54, 1.807) is 16.8 Å². The van der Waals surface area contributed by atoms with E-state index >= 15 is 0 Å². The predicted octanol–water partition coefficient (Wildman–Crippen LogP) is 1.44. The molecular formula is C21H30N6O3. The fourth-order valence-corrected chi connectivity index (χ4v) is 4.25. The van der Waals surface area contributed by atoms with Crippen molar-refractivity contribution in [1.29, 1.82) is 0 Å². The van der Waals surface area contributed by atoms with Crippen LogP contribution in [0.3, 0.4) is 0 Å². The van der Waals surface area contributed by atoms with Gasteiger partial charge in [0, 0.05) is 31.7 Å². The van der Waals surface area contributed by atoms with E-state index in [0.29, 0.717) is 12.3 Å². The van der Waals surface area contributed by atoms with Crippen LogP contribution >= 0.6 is 0 Å². The molecule has 0 saturated carbocycles. The van der Waals surface area contributed by atoms with Crippen molar-refractivity contribution in [2.75, 3.05) is 46.0 Å². The highest BCUT2D eigenvalue weighted by atomic mass is 16.5. The number of nitrogens with zero attached hydrogens (tertiary/aromatic N) is 5. The molecular weight excluding hydrogens is 384 g/mol. The summed E-state index contributed by atoms with van der Waals surface area (Å²) in [5.74, 6) is 0.542. The Morgan fingerprint density at radius 2 is 1.90 bits per heavy atom. The summed E-state index contributed by atoms with van der Waals surface area (Å²) in [6, 6.07) is 7.31. The van der Waals surface area contributed by atoms with Crippen molar-refractivity contribution in [3.05, 3.63) is 30.6 Å². The van der Waals surface area contributed by atoms with E-state index in [9.17, 15) is 4.79 Å². The average molecular weight is 415 g/mol. The normalized spacial score (nSPS) is 19.3. The van der Waals surface area contributed by atoms with Crippen LogP contribution in [0.1, 0.15) is 32.1 Å². The molecule has 1 aromatic heterocycles. The van der Waals surface area contributed by atoms with Crippen molar-refractivity contribution in [2.45, 2.75) is 32.1 Å². The number of aromatic nitrogens is 4. The molecule has 4 rings (SSSR count). The first-order valence-corrected chi connectivity index (χ1v) is 10.8. The number of carbonyl (C=O) groups excluding carboxylic acids is 1. The van der Waals surface area contributed by atoms with E-state index in [1.165, 1.54) is 38.7 Å². The van der Waals surface area contributed by atoms with Crippen molar-refractivity contribution < 1.29 is 14.3 Å². The second-order valence-corrected chi connectivity index (χ2v) is 8.26. The maximum Gasteiger partial charge on any atom is 0.257 e. The maximum atomic E-state index is 12.4. The summed E-state index contributed by atoms with van der Waals surface area (Å²) in [7, 11) is 0. The SMILES string of the molecule is O=C(COc1ccc(-n2cnnn2)cc1)NCC1(CN2CCCCC2)CCOCC1. The number of hydrogen-bond acceptors (Lipinski definition) is 7. The Kier molecular flexibility index (Phi) is 6.91. The second-order valence-electron chi connectivity index (χ2n) is 8.26. The van der Waals surface area contributed by atoms with Crippen LogP contribution in [0.25, 0.3) is 5.69 Å². The molecule has 30 heavy (non-hydrogen) atoms. The number of nitrogens with one attached hydrogen (secondary N) is 1. The van der Waals surface area contributed by atoms with Gasteiger partial charge in [0.15, 0.2) is 6.61 Å². The van der Waals surface area contributed by atoms with Crippen LogP contribution in [0.15, 0.2) is 30.6 Å². The lowest BCUT2D eigenvalue weighted by atomic mass is 9.79. The minimum atomic E-state index is -0.0935. The smallest absolute Gasteiger partial charge is 0.257 e. The van der Waals surface area contributed by atoms with Gasteiger partial charge in [0.2, 0.25) is 0 Å². The number of amides is 1. The van der Waals surface area contributed by atoms with E-state index in [0.717, 1.165) is 38.3 Å². The molecule has 0 bridgehead atoms. The number of likely N-dealkylation sites (tertiary alicyclic amines) is 1. The van der Waals surface area contributed by atoms with Gasteiger partial charge in [-0.25, -0.2) is 4.68 Å². The number of piperidine rings is 1. The summed E-state index contributed by atoms with van der Waals surface area (Å²) in [6.45, 7) is 5.59. The quantitative estimate of drug-likeness (QED) is 0.698. The molecule has 2 aromatic rings. The van der Waals surface area contributed by atoms with Gasteiger partial charge in [-0.1, -0.05) is 6.42 Å². The molecule has 0 spiro atoms. The molecule has 0 atom stereocenters. The van der Waals surface area contributed by atoms with Gasteiger partial charge in [0.05, 0.1) is 5.69 Å². The monoisotopic (exact) mass is 414 g/mol. The van der Waals surface area contributed by atoms with E-state index in [4.69, 9.17) is 9.47 Å². The van der Waals surface area contributed by atoms with Crippen LogP contribution in [0.5, 0.6) is 5.75 Å². The first-order chi connectivity index (χ1) is 14.7. The largest absolute Gasteiger partial charge is 0.484 e. The molecule has 1 amide bonds. The second kappa shape index (κ2) is 9.99. The molecule has 0 aliphatic carbocycles. The Balaban J connectivity index is 1.26. The number of tetrazole rings is 1. The molecule has 2 saturated heterocycles. The predicted molar refractivity (Wildman–Crippen MR) is 110 cm³/mol. The first-order valence-electron chi connectivity index (χ1n) is 10.8. The van der Waals surface area contributed by atoms with E-state index in [1.807, 2.05) is 12.1 Å². The van der Waals surface area contributed by atoms with E-state index < -0.39 is 0 Å². The highest BCUT2D eigenvalue weighted by molar-refractivity contribution is 5.77. The fraction of sp³-hybridized carbons (Fsp3) is 0.619. The molecule has 1 N–H and O–H groups in total. The van der Waals surface area contributed by atoms with Crippen LogP contribution < -0.4 is 10.1 Å². The first kappa shape index (κ1) is 20.7. The molecule has 162 valence electrons. The van der Waals surface area contributed by atoms with Gasteiger partial charge >= 0.3 is 0 Å². The third-order valence-electron chi connectivity index (χ3n) is 6.04. The zero-order valence-corrected chi connectivity index (χ0v) is 17.3. The average Bonchev–Trinajstić information content (AvgIpc) is 3.33. The summed E-state index contributed by atoms with van der Waals surface area (Å²) in [5.41, 5.74) is 0.926.